The minimum absolute atomic E-state index is 0.0590. The molecule has 1 aliphatic rings. The first-order chi connectivity index (χ1) is 17.9. The van der Waals surface area contributed by atoms with E-state index in [1.54, 1.807) is 66.7 Å². The van der Waals surface area contributed by atoms with Crippen LogP contribution < -0.4 is 9.64 Å². The summed E-state index contributed by atoms with van der Waals surface area (Å²) in [5.41, 5.74) is 1.83. The first-order valence-electron chi connectivity index (χ1n) is 11.5. The van der Waals surface area contributed by atoms with Crippen molar-refractivity contribution in [2.75, 3.05) is 18.6 Å². The lowest BCUT2D eigenvalue weighted by atomic mass is 9.95. The SMILES string of the molecule is CCOc1ccc2nc(N3C(=O)C(=O)/C(=C(/O)c4ccccc4)[C@H]3c3ccc(C(=O)OC)cc3)sc2c1. The number of hydrogen-bond donors (Lipinski definition) is 1. The Morgan fingerprint density at radius 1 is 1.03 bits per heavy atom. The zero-order valence-electron chi connectivity index (χ0n) is 20.0. The van der Waals surface area contributed by atoms with E-state index in [0.29, 0.717) is 39.7 Å². The Kier molecular flexibility index (Phi) is 6.45. The van der Waals surface area contributed by atoms with E-state index in [1.807, 2.05) is 13.0 Å². The molecular weight excluding hydrogens is 492 g/mol. The molecule has 9 heteroatoms. The maximum atomic E-state index is 13.4. The van der Waals surface area contributed by atoms with Crippen molar-refractivity contribution in [2.24, 2.45) is 0 Å². The first kappa shape index (κ1) is 24.2. The second kappa shape index (κ2) is 9.87. The lowest BCUT2D eigenvalue weighted by Crippen LogP contribution is -2.29. The smallest absolute Gasteiger partial charge is 0.337 e. The highest BCUT2D eigenvalue weighted by Gasteiger charge is 2.48. The van der Waals surface area contributed by atoms with Crippen molar-refractivity contribution in [1.29, 1.82) is 0 Å². The van der Waals surface area contributed by atoms with Crippen LogP contribution in [0.2, 0.25) is 0 Å². The minimum Gasteiger partial charge on any atom is -0.507 e. The van der Waals surface area contributed by atoms with E-state index in [9.17, 15) is 19.5 Å². The molecule has 0 radical (unpaired) electrons. The van der Waals surface area contributed by atoms with Crippen LogP contribution in [0.15, 0.2) is 78.4 Å². The highest BCUT2D eigenvalue weighted by Crippen LogP contribution is 2.44. The minimum atomic E-state index is -0.959. The molecule has 5 rings (SSSR count). The predicted octanol–water partition coefficient (Wildman–Crippen LogP) is 5.11. The molecule has 1 amide bonds. The quantitative estimate of drug-likeness (QED) is 0.165. The summed E-state index contributed by atoms with van der Waals surface area (Å²) in [6, 6.07) is 19.4. The van der Waals surface area contributed by atoms with Gasteiger partial charge in [0.15, 0.2) is 5.13 Å². The lowest BCUT2D eigenvalue weighted by molar-refractivity contribution is -0.132. The topological polar surface area (TPSA) is 106 Å². The molecule has 186 valence electrons. The summed E-state index contributed by atoms with van der Waals surface area (Å²) in [4.78, 5) is 44.6. The number of rotatable bonds is 6. The largest absolute Gasteiger partial charge is 0.507 e. The summed E-state index contributed by atoms with van der Waals surface area (Å²) < 4.78 is 11.1. The number of amides is 1. The van der Waals surface area contributed by atoms with Crippen LogP contribution in [0.3, 0.4) is 0 Å². The van der Waals surface area contributed by atoms with E-state index >= 15 is 0 Å². The highest BCUT2D eigenvalue weighted by molar-refractivity contribution is 7.22. The van der Waals surface area contributed by atoms with Crippen LogP contribution >= 0.6 is 11.3 Å². The standard InChI is InChI=1S/C28H22N2O6S/c1-3-36-19-13-14-20-21(15-19)37-28(29-20)30-23(16-9-11-18(12-10-16)27(34)35-2)22(25(32)26(30)33)24(31)17-7-5-4-6-8-17/h4-15,23,31H,3H2,1-2H3/b24-22+/t23-/m1/s1. The van der Waals surface area contributed by atoms with Gasteiger partial charge in [0.1, 0.15) is 11.5 Å². The molecule has 1 saturated heterocycles. The summed E-state index contributed by atoms with van der Waals surface area (Å²) in [6.45, 7) is 2.40. The number of carbonyl (C=O) groups excluding carboxylic acids is 3. The van der Waals surface area contributed by atoms with Crippen LogP contribution in [0.1, 0.15) is 34.5 Å². The predicted molar refractivity (Wildman–Crippen MR) is 140 cm³/mol. The molecule has 0 spiro atoms. The van der Waals surface area contributed by atoms with E-state index in [2.05, 4.69) is 4.98 Å². The van der Waals surface area contributed by atoms with Crippen molar-refractivity contribution in [2.45, 2.75) is 13.0 Å². The van der Waals surface area contributed by atoms with E-state index < -0.39 is 23.7 Å². The van der Waals surface area contributed by atoms with Crippen LogP contribution in [0.4, 0.5) is 5.13 Å². The number of ether oxygens (including phenoxy) is 2. The van der Waals surface area contributed by atoms with Gasteiger partial charge < -0.3 is 14.6 Å². The zero-order chi connectivity index (χ0) is 26.1. The number of carbonyl (C=O) groups is 3. The molecule has 1 atom stereocenters. The maximum absolute atomic E-state index is 13.4. The van der Waals surface area contributed by atoms with Crippen molar-refractivity contribution in [3.8, 4) is 5.75 Å². The number of anilines is 1. The average Bonchev–Trinajstić information content (AvgIpc) is 3.46. The Morgan fingerprint density at radius 3 is 2.43 bits per heavy atom. The van der Waals surface area contributed by atoms with Crippen molar-refractivity contribution in [1.82, 2.24) is 4.98 Å². The van der Waals surface area contributed by atoms with Gasteiger partial charge in [0.25, 0.3) is 5.78 Å². The number of nitrogens with zero attached hydrogens (tertiary/aromatic N) is 2. The lowest BCUT2D eigenvalue weighted by Gasteiger charge is -2.23. The van der Waals surface area contributed by atoms with E-state index in [4.69, 9.17) is 9.47 Å². The van der Waals surface area contributed by atoms with Gasteiger partial charge in [-0.2, -0.15) is 0 Å². The molecule has 1 N–H and O–H groups in total. The summed E-state index contributed by atoms with van der Waals surface area (Å²) in [5.74, 6) is -1.75. The highest BCUT2D eigenvalue weighted by atomic mass is 32.1. The Hall–Kier alpha value is -4.50. The number of hydrogen-bond acceptors (Lipinski definition) is 8. The van der Waals surface area contributed by atoms with Crippen LogP contribution in [0, 0.1) is 0 Å². The first-order valence-corrected chi connectivity index (χ1v) is 12.3. The van der Waals surface area contributed by atoms with Gasteiger partial charge in [0.05, 0.1) is 41.1 Å². The molecule has 1 fully saturated rings. The fourth-order valence-corrected chi connectivity index (χ4v) is 5.29. The molecule has 2 heterocycles. The summed E-state index contributed by atoms with van der Waals surface area (Å²) in [6.07, 6.45) is 0. The van der Waals surface area contributed by atoms with Gasteiger partial charge in [0.2, 0.25) is 0 Å². The van der Waals surface area contributed by atoms with Gasteiger partial charge in [-0.05, 0) is 42.8 Å². The van der Waals surface area contributed by atoms with Gasteiger partial charge in [-0.25, -0.2) is 9.78 Å². The zero-order valence-corrected chi connectivity index (χ0v) is 20.8. The monoisotopic (exact) mass is 514 g/mol. The molecule has 3 aromatic carbocycles. The number of benzene rings is 3. The number of thiazole rings is 1. The number of ketones is 1. The molecular formula is C28H22N2O6S. The Balaban J connectivity index is 1.68. The van der Waals surface area contributed by atoms with Gasteiger partial charge in [-0.15, -0.1) is 0 Å². The third-order valence-electron chi connectivity index (χ3n) is 6.00. The molecule has 1 aromatic heterocycles. The van der Waals surface area contributed by atoms with Crippen molar-refractivity contribution in [3.63, 3.8) is 0 Å². The van der Waals surface area contributed by atoms with Gasteiger partial charge in [0, 0.05) is 5.56 Å². The van der Waals surface area contributed by atoms with Crippen molar-refractivity contribution in [3.05, 3.63) is 95.1 Å². The normalized spacial score (nSPS) is 16.8. The number of methoxy groups -OCH3 is 1. The second-order valence-corrected chi connectivity index (χ2v) is 9.22. The van der Waals surface area contributed by atoms with Crippen LogP contribution in [-0.2, 0) is 14.3 Å². The summed E-state index contributed by atoms with van der Waals surface area (Å²) in [5, 5.41) is 11.5. The Labute approximate surface area is 216 Å². The third kappa shape index (κ3) is 4.34. The van der Waals surface area contributed by atoms with E-state index in [0.717, 1.165) is 4.70 Å². The van der Waals surface area contributed by atoms with Crippen molar-refractivity contribution >= 4 is 50.1 Å². The number of fused-ring (bicyclic) bond motifs is 1. The molecule has 0 aliphatic carbocycles. The molecule has 1 aliphatic heterocycles. The average molecular weight is 515 g/mol. The van der Waals surface area contributed by atoms with Crippen LogP contribution in [-0.4, -0.2) is 41.5 Å². The number of esters is 1. The number of aliphatic hydroxyl groups excluding tert-OH is 1. The number of aromatic nitrogens is 1. The van der Waals surface area contributed by atoms with Crippen molar-refractivity contribution < 1.29 is 29.0 Å². The fourth-order valence-electron chi connectivity index (χ4n) is 4.27. The number of aliphatic hydroxyl groups is 1. The number of Topliss-reactive ketones (excluding diaryl/α,β-unsaturated/α-hetero) is 1. The van der Waals surface area contributed by atoms with Crippen LogP contribution in [0.25, 0.3) is 16.0 Å². The third-order valence-corrected chi connectivity index (χ3v) is 7.02. The molecule has 4 aromatic rings. The maximum Gasteiger partial charge on any atom is 0.337 e. The summed E-state index contributed by atoms with van der Waals surface area (Å²) in [7, 11) is 1.29. The Bertz CT molecular complexity index is 1540. The molecule has 8 nitrogen and oxygen atoms in total. The van der Waals surface area contributed by atoms with Gasteiger partial charge >= 0.3 is 11.9 Å². The summed E-state index contributed by atoms with van der Waals surface area (Å²) >= 11 is 1.24. The van der Waals surface area contributed by atoms with E-state index in [-0.39, 0.29) is 11.3 Å². The van der Waals surface area contributed by atoms with Gasteiger partial charge in [-0.1, -0.05) is 53.8 Å². The van der Waals surface area contributed by atoms with E-state index in [1.165, 1.54) is 23.3 Å². The Morgan fingerprint density at radius 2 is 1.76 bits per heavy atom. The van der Waals surface area contributed by atoms with Crippen LogP contribution in [0.5, 0.6) is 5.75 Å². The molecule has 0 bridgehead atoms. The molecule has 0 unspecified atom stereocenters. The fraction of sp³-hybridized carbons (Fsp3) is 0.143. The second-order valence-electron chi connectivity index (χ2n) is 8.21. The molecule has 0 saturated carbocycles. The molecule has 37 heavy (non-hydrogen) atoms. The van der Waals surface area contributed by atoms with Gasteiger partial charge in [-0.3, -0.25) is 14.5 Å².